The zero-order chi connectivity index (χ0) is 16.1. The van der Waals surface area contributed by atoms with Crippen molar-refractivity contribution in [3.05, 3.63) is 59.6 Å². The molecule has 0 saturated heterocycles. The summed E-state index contributed by atoms with van der Waals surface area (Å²) in [5.41, 5.74) is 1.75. The molecule has 3 heterocycles. The van der Waals surface area contributed by atoms with Gasteiger partial charge in [-0.05, 0) is 36.4 Å². The van der Waals surface area contributed by atoms with E-state index in [9.17, 15) is 0 Å². The highest BCUT2D eigenvalue weighted by Crippen LogP contribution is 2.32. The minimum atomic E-state index is 0.681. The Morgan fingerprint density at radius 3 is 2.67 bits per heavy atom. The van der Waals surface area contributed by atoms with Gasteiger partial charge in [-0.3, -0.25) is 0 Å². The van der Waals surface area contributed by atoms with Crippen molar-refractivity contribution in [2.24, 2.45) is 0 Å². The molecule has 5 aromatic rings. The van der Waals surface area contributed by atoms with Gasteiger partial charge in [-0.15, -0.1) is 15.3 Å². The fourth-order valence-electron chi connectivity index (χ4n) is 2.58. The van der Waals surface area contributed by atoms with E-state index in [1.807, 2.05) is 54.6 Å². The minimum absolute atomic E-state index is 0.681. The van der Waals surface area contributed by atoms with Crippen LogP contribution in [0.2, 0.25) is 5.02 Å². The van der Waals surface area contributed by atoms with Crippen LogP contribution in [-0.4, -0.2) is 19.8 Å². The number of furan rings is 1. The highest BCUT2D eigenvalue weighted by atomic mass is 35.5. The molecule has 0 atom stereocenters. The second-order valence-electron chi connectivity index (χ2n) is 5.28. The molecular formula is C17H9ClN4OS. The summed E-state index contributed by atoms with van der Waals surface area (Å²) >= 11 is 7.39. The number of rotatable bonds is 2. The normalized spacial score (nSPS) is 11.5. The topological polar surface area (TPSA) is 56.2 Å². The molecular weight excluding hydrogens is 344 g/mol. The second kappa shape index (κ2) is 5.15. The van der Waals surface area contributed by atoms with Crippen molar-refractivity contribution in [1.82, 2.24) is 19.8 Å². The van der Waals surface area contributed by atoms with Gasteiger partial charge in [0.1, 0.15) is 5.58 Å². The van der Waals surface area contributed by atoms with Crippen molar-refractivity contribution in [3.63, 3.8) is 0 Å². The summed E-state index contributed by atoms with van der Waals surface area (Å²) in [6, 6.07) is 17.3. The molecule has 0 fully saturated rings. The predicted octanol–water partition coefficient (Wildman–Crippen LogP) is 4.92. The van der Waals surface area contributed by atoms with Gasteiger partial charge in [0.05, 0.1) is 0 Å². The smallest absolute Gasteiger partial charge is 0.235 e. The summed E-state index contributed by atoms with van der Waals surface area (Å²) in [4.78, 5) is 0.718. The minimum Gasteiger partial charge on any atom is -0.453 e. The molecule has 0 N–H and O–H groups in total. The molecule has 3 aromatic heterocycles. The van der Waals surface area contributed by atoms with Crippen LogP contribution >= 0.6 is 22.9 Å². The van der Waals surface area contributed by atoms with Crippen molar-refractivity contribution in [2.45, 2.75) is 0 Å². The lowest BCUT2D eigenvalue weighted by molar-refractivity contribution is 0.629. The van der Waals surface area contributed by atoms with Gasteiger partial charge in [-0.25, -0.2) is 0 Å². The standard InChI is InChI=1S/C17H9ClN4OS/c18-12-7-5-10(6-8-12)15-19-20-17-22(15)21-16(24-17)14-9-11-3-1-2-4-13(11)23-14/h1-9H. The Morgan fingerprint density at radius 1 is 1.00 bits per heavy atom. The third-order valence-corrected chi connectivity index (χ3v) is 4.89. The average molecular weight is 353 g/mol. The van der Waals surface area contributed by atoms with Crippen molar-refractivity contribution in [1.29, 1.82) is 0 Å². The van der Waals surface area contributed by atoms with Crippen LogP contribution in [0.1, 0.15) is 0 Å². The van der Waals surface area contributed by atoms with Crippen LogP contribution in [0.4, 0.5) is 0 Å². The zero-order valence-corrected chi connectivity index (χ0v) is 13.8. The summed E-state index contributed by atoms with van der Waals surface area (Å²) in [6.07, 6.45) is 0. The third-order valence-electron chi connectivity index (χ3n) is 3.73. The second-order valence-corrected chi connectivity index (χ2v) is 6.67. The average Bonchev–Trinajstić information content (AvgIpc) is 3.28. The molecule has 5 rings (SSSR count). The first-order chi connectivity index (χ1) is 11.8. The summed E-state index contributed by atoms with van der Waals surface area (Å²) < 4.78 is 7.62. The maximum atomic E-state index is 5.95. The molecule has 0 spiro atoms. The lowest BCUT2D eigenvalue weighted by Gasteiger charge is -1.96. The molecule has 7 heteroatoms. The highest BCUT2D eigenvalue weighted by Gasteiger charge is 2.16. The molecule has 116 valence electrons. The number of nitrogens with zero attached hydrogens (tertiary/aromatic N) is 4. The van der Waals surface area contributed by atoms with Crippen LogP contribution < -0.4 is 0 Å². The Morgan fingerprint density at radius 2 is 1.83 bits per heavy atom. The highest BCUT2D eigenvalue weighted by molar-refractivity contribution is 7.19. The van der Waals surface area contributed by atoms with E-state index in [0.717, 1.165) is 32.3 Å². The Kier molecular flexibility index (Phi) is 2.95. The number of halogens is 1. The summed E-state index contributed by atoms with van der Waals surface area (Å²) in [5.74, 6) is 1.41. The van der Waals surface area contributed by atoms with E-state index in [1.165, 1.54) is 11.3 Å². The third kappa shape index (κ3) is 2.11. The molecule has 0 aliphatic heterocycles. The van der Waals surface area contributed by atoms with Gasteiger partial charge < -0.3 is 4.42 Å². The van der Waals surface area contributed by atoms with Crippen LogP contribution in [0.5, 0.6) is 0 Å². The van der Waals surface area contributed by atoms with Crippen LogP contribution in [0, 0.1) is 0 Å². The van der Waals surface area contributed by atoms with E-state index in [2.05, 4.69) is 15.3 Å². The van der Waals surface area contributed by atoms with Gasteiger partial charge >= 0.3 is 0 Å². The molecule has 5 nitrogen and oxygen atoms in total. The SMILES string of the molecule is Clc1ccc(-c2nnc3sc(-c4cc5ccccc5o4)nn23)cc1. The van der Waals surface area contributed by atoms with Crippen LogP contribution in [0.3, 0.4) is 0 Å². The van der Waals surface area contributed by atoms with E-state index in [4.69, 9.17) is 16.0 Å². The molecule has 0 unspecified atom stereocenters. The summed E-state index contributed by atoms with van der Waals surface area (Å²) in [5, 5.41) is 15.6. The van der Waals surface area contributed by atoms with Gasteiger partial charge in [0.25, 0.3) is 0 Å². The molecule has 2 aromatic carbocycles. The predicted molar refractivity (Wildman–Crippen MR) is 94.3 cm³/mol. The number of benzene rings is 2. The molecule has 0 saturated carbocycles. The summed E-state index contributed by atoms with van der Waals surface area (Å²) in [7, 11) is 0. The van der Waals surface area contributed by atoms with E-state index in [0.29, 0.717) is 10.8 Å². The van der Waals surface area contributed by atoms with Crippen LogP contribution in [-0.2, 0) is 0 Å². The Bertz CT molecular complexity index is 1140. The van der Waals surface area contributed by atoms with Crippen molar-refractivity contribution < 1.29 is 4.42 Å². The van der Waals surface area contributed by atoms with E-state index in [-0.39, 0.29) is 0 Å². The number of fused-ring (bicyclic) bond motifs is 2. The monoisotopic (exact) mass is 352 g/mol. The fraction of sp³-hybridized carbons (Fsp3) is 0. The Labute approximate surface area is 145 Å². The van der Waals surface area contributed by atoms with Crippen LogP contribution in [0.15, 0.2) is 59.0 Å². The molecule has 0 aliphatic rings. The van der Waals surface area contributed by atoms with E-state index >= 15 is 0 Å². The number of para-hydroxylation sites is 1. The zero-order valence-electron chi connectivity index (χ0n) is 12.2. The first kappa shape index (κ1) is 13.7. The van der Waals surface area contributed by atoms with Crippen molar-refractivity contribution >= 4 is 38.9 Å². The Hall–Kier alpha value is -2.70. The molecule has 0 amide bonds. The van der Waals surface area contributed by atoms with Gasteiger partial charge in [0.15, 0.2) is 16.6 Å². The van der Waals surface area contributed by atoms with Gasteiger partial charge in [-0.1, -0.05) is 41.1 Å². The largest absolute Gasteiger partial charge is 0.453 e. The first-order valence-corrected chi connectivity index (χ1v) is 8.44. The van der Waals surface area contributed by atoms with Crippen LogP contribution in [0.25, 0.3) is 38.1 Å². The number of hydrogen-bond donors (Lipinski definition) is 0. The first-order valence-electron chi connectivity index (χ1n) is 7.25. The number of aromatic nitrogens is 4. The van der Waals surface area contributed by atoms with Gasteiger partial charge in [0.2, 0.25) is 4.96 Å². The maximum Gasteiger partial charge on any atom is 0.235 e. The van der Waals surface area contributed by atoms with Gasteiger partial charge in [-0.2, -0.15) is 4.52 Å². The number of hydrogen-bond acceptors (Lipinski definition) is 5. The van der Waals surface area contributed by atoms with Crippen molar-refractivity contribution in [3.8, 4) is 22.2 Å². The fourth-order valence-corrected chi connectivity index (χ4v) is 3.50. The molecule has 24 heavy (non-hydrogen) atoms. The lowest BCUT2D eigenvalue weighted by Crippen LogP contribution is -1.90. The summed E-state index contributed by atoms with van der Waals surface area (Å²) in [6.45, 7) is 0. The van der Waals surface area contributed by atoms with Gasteiger partial charge in [0, 0.05) is 16.0 Å². The van der Waals surface area contributed by atoms with Crippen molar-refractivity contribution in [2.75, 3.05) is 0 Å². The van der Waals surface area contributed by atoms with E-state index < -0.39 is 0 Å². The molecule has 0 aliphatic carbocycles. The van der Waals surface area contributed by atoms with E-state index in [1.54, 1.807) is 4.52 Å². The lowest BCUT2D eigenvalue weighted by atomic mass is 10.2. The molecule has 0 radical (unpaired) electrons. The maximum absolute atomic E-state index is 5.95. The Balaban J connectivity index is 1.65. The molecule has 0 bridgehead atoms. The quantitative estimate of drug-likeness (QED) is 0.452.